The zero-order valence-corrected chi connectivity index (χ0v) is 16.1. The second-order valence-corrected chi connectivity index (χ2v) is 7.48. The summed E-state index contributed by atoms with van der Waals surface area (Å²) in [5, 5.41) is 3.27. The molecule has 0 saturated heterocycles. The highest BCUT2D eigenvalue weighted by atomic mass is 32.1. The van der Waals surface area contributed by atoms with E-state index >= 15 is 0 Å². The number of ether oxygens (including phenoxy) is 1. The van der Waals surface area contributed by atoms with Crippen LogP contribution in [0.1, 0.15) is 37.7 Å². The van der Waals surface area contributed by atoms with Crippen molar-refractivity contribution in [2.24, 2.45) is 0 Å². The zero-order chi connectivity index (χ0) is 20.3. The highest BCUT2D eigenvalue weighted by Gasteiger charge is 2.30. The summed E-state index contributed by atoms with van der Waals surface area (Å²) in [6, 6.07) is 5.83. The van der Waals surface area contributed by atoms with Gasteiger partial charge in [0.2, 0.25) is 5.13 Å². The third-order valence-electron chi connectivity index (χ3n) is 4.57. The van der Waals surface area contributed by atoms with Crippen LogP contribution < -0.4 is 10.1 Å². The molecule has 0 aliphatic heterocycles. The molecule has 152 valence electrons. The third-order valence-corrected chi connectivity index (χ3v) is 5.20. The maximum Gasteiger partial charge on any atom is 0.417 e. The van der Waals surface area contributed by atoms with Gasteiger partial charge in [0.05, 0.1) is 11.7 Å². The molecular formula is C19H18F3N5OS. The Hall–Kier alpha value is -2.75. The molecule has 29 heavy (non-hydrogen) atoms. The highest BCUT2D eigenvalue weighted by Crippen LogP contribution is 2.30. The van der Waals surface area contributed by atoms with Crippen LogP contribution in [0.15, 0.2) is 36.7 Å². The van der Waals surface area contributed by atoms with E-state index in [-0.39, 0.29) is 11.9 Å². The van der Waals surface area contributed by atoms with Gasteiger partial charge in [-0.1, -0.05) is 6.42 Å². The van der Waals surface area contributed by atoms with Crippen molar-refractivity contribution in [3.8, 4) is 17.3 Å². The monoisotopic (exact) mass is 421 g/mol. The molecule has 0 aromatic carbocycles. The van der Waals surface area contributed by atoms with Crippen molar-refractivity contribution in [2.45, 2.75) is 44.4 Å². The van der Waals surface area contributed by atoms with Crippen LogP contribution in [0.4, 0.5) is 24.1 Å². The molecule has 3 aromatic heterocycles. The minimum atomic E-state index is -4.42. The summed E-state index contributed by atoms with van der Waals surface area (Å²) in [5.74, 6) is 1.40. The van der Waals surface area contributed by atoms with Gasteiger partial charge < -0.3 is 10.1 Å². The molecular weight excluding hydrogens is 403 g/mol. The largest absolute Gasteiger partial charge is 0.490 e. The van der Waals surface area contributed by atoms with Gasteiger partial charge >= 0.3 is 6.18 Å². The van der Waals surface area contributed by atoms with E-state index in [1.165, 1.54) is 25.3 Å². The summed E-state index contributed by atoms with van der Waals surface area (Å²) in [4.78, 5) is 12.4. The number of aromatic nitrogens is 4. The smallest absolute Gasteiger partial charge is 0.417 e. The van der Waals surface area contributed by atoms with E-state index < -0.39 is 11.7 Å². The van der Waals surface area contributed by atoms with Gasteiger partial charge in [0.1, 0.15) is 17.3 Å². The van der Waals surface area contributed by atoms with Gasteiger partial charge in [-0.2, -0.15) is 22.5 Å². The number of hydrogen-bond donors (Lipinski definition) is 1. The summed E-state index contributed by atoms with van der Waals surface area (Å²) in [7, 11) is 0. The SMILES string of the molecule is FC(F)(F)c1ccc(Nc2nc(-c3cc(OC4CCCCC4)ccn3)ns2)nc1. The molecule has 3 aromatic rings. The van der Waals surface area contributed by atoms with Crippen LogP contribution in [0.2, 0.25) is 0 Å². The lowest BCUT2D eigenvalue weighted by atomic mass is 9.98. The summed E-state index contributed by atoms with van der Waals surface area (Å²) < 4.78 is 48.2. The van der Waals surface area contributed by atoms with E-state index in [1.807, 2.05) is 6.07 Å². The number of nitrogens with one attached hydrogen (secondary N) is 1. The van der Waals surface area contributed by atoms with Crippen LogP contribution in [0.3, 0.4) is 0 Å². The first-order valence-corrected chi connectivity index (χ1v) is 10.0. The Balaban J connectivity index is 1.44. The van der Waals surface area contributed by atoms with Gasteiger partial charge in [-0.3, -0.25) is 4.98 Å². The molecule has 10 heteroatoms. The molecule has 1 N–H and O–H groups in total. The Labute approximate surface area is 169 Å². The fourth-order valence-corrected chi connectivity index (χ4v) is 3.69. The van der Waals surface area contributed by atoms with Gasteiger partial charge in [-0.25, -0.2) is 4.98 Å². The number of hydrogen-bond acceptors (Lipinski definition) is 7. The van der Waals surface area contributed by atoms with Gasteiger partial charge in [0, 0.05) is 30.0 Å². The first-order chi connectivity index (χ1) is 14.0. The molecule has 3 heterocycles. The second-order valence-electron chi connectivity index (χ2n) is 6.73. The van der Waals surface area contributed by atoms with Crippen LogP contribution in [0, 0.1) is 0 Å². The van der Waals surface area contributed by atoms with Crippen molar-refractivity contribution in [3.05, 3.63) is 42.2 Å². The number of alkyl halides is 3. The Kier molecular flexibility index (Phi) is 5.61. The van der Waals surface area contributed by atoms with Crippen molar-refractivity contribution >= 4 is 22.5 Å². The van der Waals surface area contributed by atoms with Crippen molar-refractivity contribution in [2.75, 3.05) is 5.32 Å². The average Bonchev–Trinajstić information content (AvgIpc) is 3.17. The average molecular weight is 421 g/mol. The molecule has 1 aliphatic carbocycles. The first-order valence-electron chi connectivity index (χ1n) is 9.24. The molecule has 0 spiro atoms. The van der Waals surface area contributed by atoms with E-state index in [0.717, 1.165) is 42.4 Å². The van der Waals surface area contributed by atoms with E-state index in [4.69, 9.17) is 4.74 Å². The quantitative estimate of drug-likeness (QED) is 0.589. The van der Waals surface area contributed by atoms with Gasteiger partial charge in [-0.15, -0.1) is 0 Å². The maximum absolute atomic E-state index is 12.6. The zero-order valence-electron chi connectivity index (χ0n) is 15.3. The number of halogens is 3. The van der Waals surface area contributed by atoms with Crippen molar-refractivity contribution in [3.63, 3.8) is 0 Å². The van der Waals surface area contributed by atoms with Gasteiger partial charge in [0.25, 0.3) is 0 Å². The lowest BCUT2D eigenvalue weighted by Gasteiger charge is -2.22. The predicted molar refractivity (Wildman–Crippen MR) is 103 cm³/mol. The maximum atomic E-state index is 12.6. The Morgan fingerprint density at radius 1 is 1.07 bits per heavy atom. The number of anilines is 2. The van der Waals surface area contributed by atoms with Crippen molar-refractivity contribution in [1.29, 1.82) is 0 Å². The van der Waals surface area contributed by atoms with Crippen molar-refractivity contribution < 1.29 is 17.9 Å². The van der Waals surface area contributed by atoms with Gasteiger partial charge in [0.15, 0.2) is 5.82 Å². The lowest BCUT2D eigenvalue weighted by Crippen LogP contribution is -2.19. The molecule has 1 fully saturated rings. The van der Waals surface area contributed by atoms with Crippen LogP contribution >= 0.6 is 11.5 Å². The third kappa shape index (κ3) is 5.00. The molecule has 0 amide bonds. The fraction of sp³-hybridized carbons (Fsp3) is 0.368. The summed E-state index contributed by atoms with van der Waals surface area (Å²) >= 11 is 1.08. The van der Waals surface area contributed by atoms with Crippen LogP contribution in [0.25, 0.3) is 11.5 Å². The Morgan fingerprint density at radius 2 is 1.90 bits per heavy atom. The van der Waals surface area contributed by atoms with Crippen molar-refractivity contribution in [1.82, 2.24) is 19.3 Å². The topological polar surface area (TPSA) is 72.8 Å². The number of pyridine rings is 2. The van der Waals surface area contributed by atoms with E-state index in [2.05, 4.69) is 24.6 Å². The van der Waals surface area contributed by atoms with E-state index in [9.17, 15) is 13.2 Å². The second kappa shape index (κ2) is 8.32. The summed E-state index contributed by atoms with van der Waals surface area (Å²) in [6.07, 6.45) is 3.97. The molecule has 0 radical (unpaired) electrons. The molecule has 4 rings (SSSR count). The fourth-order valence-electron chi connectivity index (χ4n) is 3.11. The predicted octanol–water partition coefficient (Wildman–Crippen LogP) is 5.47. The molecule has 6 nitrogen and oxygen atoms in total. The molecule has 1 aliphatic rings. The van der Waals surface area contributed by atoms with Crippen LogP contribution in [-0.4, -0.2) is 25.4 Å². The first kappa shape index (κ1) is 19.6. The molecule has 0 bridgehead atoms. The molecule has 0 atom stereocenters. The number of rotatable bonds is 5. The van der Waals surface area contributed by atoms with E-state index in [1.54, 1.807) is 12.3 Å². The lowest BCUT2D eigenvalue weighted by molar-refractivity contribution is -0.137. The normalized spacial score (nSPS) is 15.3. The Bertz CT molecular complexity index is 955. The minimum absolute atomic E-state index is 0.227. The Morgan fingerprint density at radius 3 is 2.62 bits per heavy atom. The van der Waals surface area contributed by atoms with Crippen LogP contribution in [0.5, 0.6) is 5.75 Å². The van der Waals surface area contributed by atoms with Crippen LogP contribution in [-0.2, 0) is 6.18 Å². The summed E-state index contributed by atoms with van der Waals surface area (Å²) in [6.45, 7) is 0. The minimum Gasteiger partial charge on any atom is -0.490 e. The number of nitrogens with zero attached hydrogens (tertiary/aromatic N) is 4. The standard InChI is InChI=1S/C19H18F3N5OS/c20-19(21,22)12-6-7-16(24-11-12)25-18-26-17(27-29-18)15-10-14(8-9-23-15)28-13-4-2-1-3-5-13/h6-11,13H,1-5H2,(H,24,25,26,27). The summed E-state index contributed by atoms with van der Waals surface area (Å²) in [5.41, 5.74) is -0.233. The molecule has 1 saturated carbocycles. The highest BCUT2D eigenvalue weighted by molar-refractivity contribution is 7.09. The molecule has 0 unspecified atom stereocenters. The van der Waals surface area contributed by atoms with Gasteiger partial charge in [-0.05, 0) is 43.9 Å². The van der Waals surface area contributed by atoms with E-state index in [0.29, 0.717) is 16.6 Å².